The van der Waals surface area contributed by atoms with Crippen molar-refractivity contribution in [3.63, 3.8) is 0 Å². The molecule has 0 aliphatic heterocycles. The van der Waals surface area contributed by atoms with Gasteiger partial charge in [-0.05, 0) is 12.8 Å². The van der Waals surface area contributed by atoms with Crippen LogP contribution in [0.15, 0.2) is 0 Å². The number of carbonyl (C=O) groups is 2. The van der Waals surface area contributed by atoms with Gasteiger partial charge in [0.1, 0.15) is 10.1 Å². The molecule has 0 saturated heterocycles. The molecule has 0 aromatic heterocycles. The summed E-state index contributed by atoms with van der Waals surface area (Å²) in [4.78, 5) is 23.7. The van der Waals surface area contributed by atoms with E-state index in [1.54, 1.807) is 0 Å². The third kappa shape index (κ3) is 17.4. The van der Waals surface area contributed by atoms with Crippen molar-refractivity contribution in [3.8, 4) is 0 Å². The summed E-state index contributed by atoms with van der Waals surface area (Å²) < 4.78 is 43.8. The van der Waals surface area contributed by atoms with Crippen LogP contribution in [0.25, 0.3) is 0 Å². The van der Waals surface area contributed by atoms with E-state index in [1.165, 1.54) is 6.42 Å². The average molecular weight is 440 g/mol. The number of rotatable bonds is 18. The number of carbonyl (C=O) groups excluding carboxylic acids is 2. The molecular formula is C20H41NO7S. The van der Waals surface area contributed by atoms with Crippen molar-refractivity contribution in [3.05, 3.63) is 0 Å². The van der Waals surface area contributed by atoms with Gasteiger partial charge < -0.3 is 20.2 Å². The van der Waals surface area contributed by atoms with Crippen LogP contribution in [0.1, 0.15) is 97.3 Å². The van der Waals surface area contributed by atoms with E-state index in [1.807, 2.05) is 0 Å². The van der Waals surface area contributed by atoms with Crippen molar-refractivity contribution >= 4 is 22.1 Å². The first-order valence-corrected chi connectivity index (χ1v) is 12.1. The van der Waals surface area contributed by atoms with Crippen LogP contribution in [0, 0.1) is 0 Å². The predicted molar refractivity (Wildman–Crippen MR) is 113 cm³/mol. The minimum absolute atomic E-state index is 0. The summed E-state index contributed by atoms with van der Waals surface area (Å²) in [5.41, 5.74) is 0. The summed E-state index contributed by atoms with van der Waals surface area (Å²) in [6.45, 7) is 4.44. The number of hydrogen-bond acceptors (Lipinski definition) is 7. The van der Waals surface area contributed by atoms with Crippen LogP contribution in [0.5, 0.6) is 0 Å². The van der Waals surface area contributed by atoms with E-state index < -0.39 is 33.7 Å². The Bertz CT molecular complexity index is 523. The van der Waals surface area contributed by atoms with Gasteiger partial charge in [0.15, 0.2) is 5.25 Å². The van der Waals surface area contributed by atoms with Crippen molar-refractivity contribution in [1.29, 1.82) is 0 Å². The third-order valence-electron chi connectivity index (χ3n) is 4.47. The Morgan fingerprint density at radius 2 is 1.17 bits per heavy atom. The molecule has 0 saturated carbocycles. The summed E-state index contributed by atoms with van der Waals surface area (Å²) in [6, 6.07) is 0. The SMILES string of the molecule is CCCCCCCCOC(=O)CC(C(=O)OCCCCCCCC)S(=O)(=O)[O-].[NH4+]. The number of quaternary nitrogens is 1. The molecule has 0 aliphatic rings. The van der Waals surface area contributed by atoms with Crippen LogP contribution in [-0.4, -0.2) is 43.4 Å². The quantitative estimate of drug-likeness (QED) is 0.188. The topological polar surface area (TPSA) is 146 Å². The van der Waals surface area contributed by atoms with Gasteiger partial charge in [-0.15, -0.1) is 0 Å². The van der Waals surface area contributed by atoms with E-state index >= 15 is 0 Å². The van der Waals surface area contributed by atoms with Crippen LogP contribution < -0.4 is 6.15 Å². The van der Waals surface area contributed by atoms with E-state index in [2.05, 4.69) is 13.8 Å². The molecule has 8 nitrogen and oxygen atoms in total. The Hall–Kier alpha value is -1.19. The molecule has 0 rings (SSSR count). The van der Waals surface area contributed by atoms with Gasteiger partial charge in [0.2, 0.25) is 0 Å². The Kier molecular flexibility index (Phi) is 19.5. The molecule has 4 N–H and O–H groups in total. The van der Waals surface area contributed by atoms with E-state index in [0.717, 1.165) is 57.8 Å². The molecule has 0 aromatic carbocycles. The van der Waals surface area contributed by atoms with E-state index in [-0.39, 0.29) is 19.4 Å². The second-order valence-corrected chi connectivity index (χ2v) is 8.66. The lowest BCUT2D eigenvalue weighted by molar-refractivity contribution is -0.150. The summed E-state index contributed by atoms with van der Waals surface area (Å²) in [5, 5.41) is -2.04. The normalized spacial score (nSPS) is 12.1. The molecule has 0 heterocycles. The molecule has 174 valence electrons. The van der Waals surface area contributed by atoms with Crippen molar-refractivity contribution < 1.29 is 32.0 Å². The zero-order valence-electron chi connectivity index (χ0n) is 18.4. The molecule has 0 spiro atoms. The monoisotopic (exact) mass is 439 g/mol. The van der Waals surface area contributed by atoms with Gasteiger partial charge in [-0.3, -0.25) is 9.59 Å². The van der Waals surface area contributed by atoms with Gasteiger partial charge >= 0.3 is 11.9 Å². The van der Waals surface area contributed by atoms with E-state index in [4.69, 9.17) is 9.47 Å². The Balaban J connectivity index is 0. The minimum atomic E-state index is -4.98. The molecule has 29 heavy (non-hydrogen) atoms. The maximum atomic E-state index is 11.9. The molecule has 1 atom stereocenters. The highest BCUT2D eigenvalue weighted by Crippen LogP contribution is 2.11. The molecule has 9 heteroatoms. The number of esters is 2. The molecule has 0 aliphatic carbocycles. The van der Waals surface area contributed by atoms with Crippen LogP contribution >= 0.6 is 0 Å². The van der Waals surface area contributed by atoms with E-state index in [0.29, 0.717) is 12.8 Å². The van der Waals surface area contributed by atoms with E-state index in [9.17, 15) is 22.6 Å². The maximum Gasteiger partial charge on any atom is 0.323 e. The molecule has 0 amide bonds. The zero-order valence-corrected chi connectivity index (χ0v) is 19.3. The van der Waals surface area contributed by atoms with Gasteiger partial charge in [0, 0.05) is 0 Å². The molecule has 0 fully saturated rings. The fourth-order valence-electron chi connectivity index (χ4n) is 2.73. The largest absolute Gasteiger partial charge is 0.747 e. The fraction of sp³-hybridized carbons (Fsp3) is 0.900. The van der Waals surface area contributed by atoms with Gasteiger partial charge in [0.05, 0.1) is 19.6 Å². The Morgan fingerprint density at radius 3 is 1.62 bits per heavy atom. The van der Waals surface area contributed by atoms with Gasteiger partial charge in [0.25, 0.3) is 0 Å². The van der Waals surface area contributed by atoms with Crippen LogP contribution in [-0.2, 0) is 29.2 Å². The highest BCUT2D eigenvalue weighted by molar-refractivity contribution is 7.87. The fourth-order valence-corrected chi connectivity index (χ4v) is 3.37. The smallest absolute Gasteiger partial charge is 0.323 e. The first kappa shape index (κ1) is 30.0. The van der Waals surface area contributed by atoms with Crippen molar-refractivity contribution in [2.45, 2.75) is 103 Å². The van der Waals surface area contributed by atoms with Gasteiger partial charge in [-0.2, -0.15) is 0 Å². The Morgan fingerprint density at radius 1 is 0.759 bits per heavy atom. The van der Waals surface area contributed by atoms with Crippen LogP contribution in [0.3, 0.4) is 0 Å². The first-order valence-electron chi connectivity index (χ1n) is 10.6. The van der Waals surface area contributed by atoms with Crippen LogP contribution in [0.4, 0.5) is 0 Å². The maximum absolute atomic E-state index is 11.9. The lowest BCUT2D eigenvalue weighted by Crippen LogP contribution is -2.34. The number of ether oxygens (including phenoxy) is 2. The highest BCUT2D eigenvalue weighted by atomic mass is 32.2. The molecule has 0 aromatic rings. The number of unbranched alkanes of at least 4 members (excludes halogenated alkanes) is 10. The van der Waals surface area contributed by atoms with Crippen molar-refractivity contribution in [1.82, 2.24) is 6.15 Å². The highest BCUT2D eigenvalue weighted by Gasteiger charge is 2.30. The summed E-state index contributed by atoms with van der Waals surface area (Å²) in [7, 11) is -4.98. The lowest BCUT2D eigenvalue weighted by atomic mass is 10.1. The minimum Gasteiger partial charge on any atom is -0.747 e. The predicted octanol–water partition coefficient (Wildman–Crippen LogP) is 4.47. The zero-order chi connectivity index (χ0) is 21.3. The molecule has 0 bridgehead atoms. The van der Waals surface area contributed by atoms with Gasteiger partial charge in [-0.1, -0.05) is 78.1 Å². The standard InChI is InChI=1S/C20H38O7S.H3N/c1-3-5-7-9-11-13-15-26-19(21)17-18(28(23,24)25)20(22)27-16-14-12-10-8-6-4-2;/h18H,3-17H2,1-2H3,(H,23,24,25);1H3. The first-order chi connectivity index (χ1) is 13.3. The molecular weight excluding hydrogens is 398 g/mol. The average Bonchev–Trinajstić information content (AvgIpc) is 2.63. The van der Waals surface area contributed by atoms with Crippen molar-refractivity contribution in [2.75, 3.05) is 13.2 Å². The second kappa shape index (κ2) is 18.8. The Labute approximate surface area is 176 Å². The third-order valence-corrected chi connectivity index (χ3v) is 5.52. The van der Waals surface area contributed by atoms with Crippen molar-refractivity contribution in [2.24, 2.45) is 0 Å². The summed E-state index contributed by atoms with van der Waals surface area (Å²) >= 11 is 0. The summed E-state index contributed by atoms with van der Waals surface area (Å²) in [5.74, 6) is -2.03. The molecule has 1 unspecified atom stereocenters. The van der Waals surface area contributed by atoms with Crippen LogP contribution in [0.2, 0.25) is 0 Å². The lowest BCUT2D eigenvalue weighted by Gasteiger charge is -2.18. The van der Waals surface area contributed by atoms with Gasteiger partial charge in [-0.25, -0.2) is 8.42 Å². The number of hydrogen-bond donors (Lipinski definition) is 1. The molecule has 0 radical (unpaired) electrons. The second-order valence-electron chi connectivity index (χ2n) is 7.11. The summed E-state index contributed by atoms with van der Waals surface area (Å²) in [6.07, 6.45) is 11.2.